The van der Waals surface area contributed by atoms with Gasteiger partial charge in [0.2, 0.25) is 0 Å². The van der Waals surface area contributed by atoms with E-state index in [1.54, 1.807) is 48.5 Å². The predicted octanol–water partition coefficient (Wildman–Crippen LogP) is 9.46. The van der Waals surface area contributed by atoms with Crippen molar-refractivity contribution in [3.05, 3.63) is 178 Å². The van der Waals surface area contributed by atoms with Crippen molar-refractivity contribution in [1.82, 2.24) is 0 Å². The van der Waals surface area contributed by atoms with Crippen LogP contribution in [-0.4, -0.2) is 11.9 Å². The Bertz CT molecular complexity index is 2220. The van der Waals surface area contributed by atoms with Gasteiger partial charge in [0.1, 0.15) is 34.8 Å². The molecule has 248 valence electrons. The van der Waals surface area contributed by atoms with Crippen molar-refractivity contribution in [2.45, 2.75) is 6.42 Å². The van der Waals surface area contributed by atoms with Gasteiger partial charge in [-0.25, -0.2) is 27.2 Å². The molecule has 0 amide bonds. The summed E-state index contributed by atoms with van der Waals surface area (Å²) < 4.78 is 70.1. The number of carbonyl (C=O) groups excluding carboxylic acids is 2. The molecule has 0 saturated heterocycles. The maximum Gasteiger partial charge on any atom is 0.346 e. The van der Waals surface area contributed by atoms with Gasteiger partial charge >= 0.3 is 11.9 Å². The molecular weight excluding hydrogens is 658 g/mol. The lowest BCUT2D eigenvalue weighted by Crippen LogP contribution is -2.12. The molecule has 0 aliphatic heterocycles. The highest BCUT2D eigenvalue weighted by Crippen LogP contribution is 2.29. The molecule has 0 aliphatic rings. The van der Waals surface area contributed by atoms with Crippen LogP contribution in [0.2, 0.25) is 0 Å². The van der Waals surface area contributed by atoms with Gasteiger partial charge in [0.25, 0.3) is 0 Å². The third-order valence-electron chi connectivity index (χ3n) is 7.90. The van der Waals surface area contributed by atoms with E-state index in [4.69, 9.17) is 21.2 Å². The van der Waals surface area contributed by atoms with Crippen molar-refractivity contribution in [2.24, 2.45) is 0 Å². The minimum atomic E-state index is -1.05. The van der Waals surface area contributed by atoms with Crippen molar-refractivity contribution < 1.29 is 36.6 Å². The Morgan fingerprint density at radius 3 is 1.35 bits per heavy atom. The zero-order chi connectivity index (χ0) is 36.1. The fourth-order valence-electron chi connectivity index (χ4n) is 5.29. The lowest BCUT2D eigenvalue weighted by Gasteiger charge is -2.10. The van der Waals surface area contributed by atoms with Gasteiger partial charge in [-0.3, -0.25) is 0 Å². The van der Waals surface area contributed by atoms with Crippen molar-refractivity contribution in [1.29, 1.82) is 5.26 Å². The van der Waals surface area contributed by atoms with Gasteiger partial charge in [0.15, 0.2) is 0 Å². The monoisotopic (exact) mass is 681 g/mol. The van der Waals surface area contributed by atoms with Crippen LogP contribution in [0.5, 0.6) is 11.5 Å². The molecule has 0 heterocycles. The summed E-state index contributed by atoms with van der Waals surface area (Å²) >= 11 is 0. The standard InChI is InChI=1S/C42H23F4NO4/c1-2-25-3-9-29(10-4-25)33-17-13-31(22-39(33)45)50-41(48)35-15-7-27(20-37(35)43)19-28-8-16-36(38(44)21-28)42(49)51-32-14-18-34(40(46)23-32)30-11-5-26(24-47)6-12-30/h1,3-18,20-23H,19H2. The summed E-state index contributed by atoms with van der Waals surface area (Å²) in [6.45, 7) is 0. The zero-order valence-electron chi connectivity index (χ0n) is 26.4. The largest absolute Gasteiger partial charge is 0.423 e. The van der Waals surface area contributed by atoms with Gasteiger partial charge in [0, 0.05) is 28.8 Å². The van der Waals surface area contributed by atoms with Gasteiger partial charge in [0.05, 0.1) is 22.8 Å². The summed E-state index contributed by atoms with van der Waals surface area (Å²) in [5.74, 6) is -3.01. The summed E-state index contributed by atoms with van der Waals surface area (Å²) in [6.07, 6.45) is 5.41. The maximum absolute atomic E-state index is 15.0. The number of hydrogen-bond donors (Lipinski definition) is 0. The molecule has 0 atom stereocenters. The number of rotatable bonds is 8. The van der Waals surface area contributed by atoms with Crippen LogP contribution in [0, 0.1) is 46.9 Å². The van der Waals surface area contributed by atoms with Crippen LogP contribution in [0.25, 0.3) is 22.3 Å². The number of nitriles is 1. The molecule has 0 bridgehead atoms. The minimum Gasteiger partial charge on any atom is -0.423 e. The van der Waals surface area contributed by atoms with Gasteiger partial charge in [-0.2, -0.15) is 5.26 Å². The average molecular weight is 682 g/mol. The molecule has 0 N–H and O–H groups in total. The molecule has 0 aliphatic carbocycles. The fraction of sp³-hybridized carbons (Fsp3) is 0.0238. The Labute approximate surface area is 290 Å². The summed E-state index contributed by atoms with van der Waals surface area (Å²) in [5.41, 5.74) is 2.63. The summed E-state index contributed by atoms with van der Waals surface area (Å²) in [7, 11) is 0. The second kappa shape index (κ2) is 14.7. The minimum absolute atomic E-state index is 0.0511. The second-order valence-electron chi connectivity index (χ2n) is 11.3. The van der Waals surface area contributed by atoms with Gasteiger partial charge in [-0.15, -0.1) is 6.42 Å². The van der Waals surface area contributed by atoms with Crippen LogP contribution in [0.1, 0.15) is 43.0 Å². The van der Waals surface area contributed by atoms with Crippen LogP contribution >= 0.6 is 0 Å². The smallest absolute Gasteiger partial charge is 0.346 e. The molecule has 0 unspecified atom stereocenters. The molecule has 6 aromatic rings. The van der Waals surface area contributed by atoms with E-state index < -0.39 is 46.3 Å². The van der Waals surface area contributed by atoms with E-state index >= 15 is 8.78 Å². The topological polar surface area (TPSA) is 76.4 Å². The van der Waals surface area contributed by atoms with E-state index in [-0.39, 0.29) is 29.0 Å². The molecule has 51 heavy (non-hydrogen) atoms. The summed E-state index contributed by atoms with van der Waals surface area (Å²) in [6, 6.07) is 30.1. The van der Waals surface area contributed by atoms with Crippen LogP contribution in [0.15, 0.2) is 121 Å². The van der Waals surface area contributed by atoms with Crippen molar-refractivity contribution in [3.8, 4) is 52.2 Å². The molecule has 5 nitrogen and oxygen atoms in total. The van der Waals surface area contributed by atoms with E-state index in [0.29, 0.717) is 33.4 Å². The molecule has 0 fully saturated rings. The van der Waals surface area contributed by atoms with Crippen LogP contribution in [0.4, 0.5) is 17.6 Å². The first-order valence-electron chi connectivity index (χ1n) is 15.3. The Morgan fingerprint density at radius 1 is 0.549 bits per heavy atom. The quantitative estimate of drug-likeness (QED) is 0.0693. The van der Waals surface area contributed by atoms with E-state index in [2.05, 4.69) is 5.92 Å². The number of terminal acetylenes is 1. The molecule has 0 spiro atoms. The molecule has 0 radical (unpaired) electrons. The van der Waals surface area contributed by atoms with E-state index in [0.717, 1.165) is 24.3 Å². The van der Waals surface area contributed by atoms with E-state index in [1.165, 1.54) is 48.5 Å². The lowest BCUT2D eigenvalue weighted by molar-refractivity contribution is 0.0719. The van der Waals surface area contributed by atoms with Crippen molar-refractivity contribution in [2.75, 3.05) is 0 Å². The van der Waals surface area contributed by atoms with Crippen LogP contribution < -0.4 is 9.47 Å². The number of esters is 2. The first-order valence-corrected chi connectivity index (χ1v) is 15.3. The highest BCUT2D eigenvalue weighted by molar-refractivity contribution is 5.92. The SMILES string of the molecule is C#Cc1ccc(-c2ccc(OC(=O)c3ccc(Cc4ccc(C(=O)Oc5ccc(-c6ccc(C#N)cc6)c(F)c5)c(F)c4)cc3F)cc2F)cc1. The highest BCUT2D eigenvalue weighted by atomic mass is 19.1. The first-order chi connectivity index (χ1) is 24.6. The number of halogens is 4. The van der Waals surface area contributed by atoms with Crippen molar-refractivity contribution in [3.63, 3.8) is 0 Å². The van der Waals surface area contributed by atoms with Crippen molar-refractivity contribution >= 4 is 11.9 Å². The Kier molecular flexibility index (Phi) is 9.74. The van der Waals surface area contributed by atoms with Gasteiger partial charge in [-0.05, 0) is 101 Å². The van der Waals surface area contributed by atoms with Crippen LogP contribution in [-0.2, 0) is 6.42 Å². The molecule has 9 heteroatoms. The fourth-order valence-corrected chi connectivity index (χ4v) is 5.29. The van der Waals surface area contributed by atoms with Gasteiger partial charge in [-0.1, -0.05) is 42.3 Å². The zero-order valence-corrected chi connectivity index (χ0v) is 26.4. The summed E-state index contributed by atoms with van der Waals surface area (Å²) in [5, 5.41) is 8.95. The molecular formula is C42H23F4NO4. The van der Waals surface area contributed by atoms with Crippen LogP contribution in [0.3, 0.4) is 0 Å². The number of carbonyl (C=O) groups is 2. The Balaban J connectivity index is 1.08. The van der Waals surface area contributed by atoms with E-state index in [9.17, 15) is 18.4 Å². The summed E-state index contributed by atoms with van der Waals surface area (Å²) in [4.78, 5) is 25.4. The molecule has 6 aromatic carbocycles. The Hall–Kier alpha value is -6.97. The third-order valence-corrected chi connectivity index (χ3v) is 7.90. The highest BCUT2D eigenvalue weighted by Gasteiger charge is 2.19. The maximum atomic E-state index is 15.0. The number of ether oxygens (including phenoxy) is 2. The Morgan fingerprint density at radius 2 is 0.980 bits per heavy atom. The molecule has 0 saturated carbocycles. The lowest BCUT2D eigenvalue weighted by atomic mass is 10.0. The molecule has 6 rings (SSSR count). The van der Waals surface area contributed by atoms with Gasteiger partial charge < -0.3 is 9.47 Å². The van der Waals surface area contributed by atoms with E-state index in [1.807, 2.05) is 6.07 Å². The normalized spacial score (nSPS) is 10.5. The first kappa shape index (κ1) is 33.9. The molecule has 0 aromatic heterocycles. The average Bonchev–Trinajstić information content (AvgIpc) is 3.12. The second-order valence-corrected chi connectivity index (χ2v) is 11.3. The number of benzene rings is 6. The third kappa shape index (κ3) is 7.69. The predicted molar refractivity (Wildman–Crippen MR) is 182 cm³/mol. The number of hydrogen-bond acceptors (Lipinski definition) is 5. The number of nitrogens with zero attached hydrogens (tertiary/aromatic N) is 1.